The van der Waals surface area contributed by atoms with Gasteiger partial charge in [-0.05, 0) is 125 Å². The van der Waals surface area contributed by atoms with E-state index in [4.69, 9.17) is 15.3 Å². The van der Waals surface area contributed by atoms with Crippen molar-refractivity contribution in [1.82, 2.24) is 30.8 Å². The summed E-state index contributed by atoms with van der Waals surface area (Å²) in [6.45, 7) is 11.7. The molecule has 9 rings (SSSR count). The van der Waals surface area contributed by atoms with Gasteiger partial charge in [-0.1, -0.05) is 31.3 Å². The largest absolute Gasteiger partial charge is 0.476 e. The molecule has 0 saturated heterocycles. The molecule has 4 aliphatic carbocycles. The molecular weight excluding hydrogens is 798 g/mol. The van der Waals surface area contributed by atoms with E-state index >= 15 is 0 Å². The van der Waals surface area contributed by atoms with Gasteiger partial charge in [-0.2, -0.15) is 0 Å². The lowest BCUT2D eigenvalue weighted by molar-refractivity contribution is -0.162. The first-order chi connectivity index (χ1) is 29.2. The van der Waals surface area contributed by atoms with E-state index in [2.05, 4.69) is 50.0 Å². The molecule has 4 saturated carbocycles. The van der Waals surface area contributed by atoms with E-state index in [1.54, 1.807) is 24.3 Å². The van der Waals surface area contributed by atoms with Crippen molar-refractivity contribution in [3.05, 3.63) is 64.2 Å². The number of pyridine rings is 1. The number of nitrogens with one attached hydrogen (secondary N) is 4. The molecule has 61 heavy (non-hydrogen) atoms. The molecule has 1 aliphatic heterocycles. The Morgan fingerprint density at radius 2 is 1.92 bits per heavy atom. The number of aromatic nitrogens is 4. The molecule has 3 aromatic heterocycles. The predicted molar refractivity (Wildman–Crippen MR) is 236 cm³/mol. The van der Waals surface area contributed by atoms with Gasteiger partial charge in [0.15, 0.2) is 22.5 Å². The average Bonchev–Trinajstić information content (AvgIpc) is 3.58. The number of rotatable bonds is 17. The molecule has 4 heterocycles. The van der Waals surface area contributed by atoms with Gasteiger partial charge in [-0.3, -0.25) is 0 Å². The van der Waals surface area contributed by atoms with Crippen LogP contribution in [0.3, 0.4) is 0 Å². The molecule has 0 radical (unpaired) electrons. The summed E-state index contributed by atoms with van der Waals surface area (Å²) in [5, 5.41) is 57.5. The molecular formula is C45H58FN9O5S. The molecule has 5 aliphatic rings. The van der Waals surface area contributed by atoms with Crippen LogP contribution < -0.4 is 20.9 Å². The Kier molecular flexibility index (Phi) is 12.2. The fourth-order valence-corrected chi connectivity index (χ4v) is 12.4. The number of carbonyl (C=O) groups is 1. The van der Waals surface area contributed by atoms with Crippen molar-refractivity contribution in [3.8, 4) is 0 Å². The summed E-state index contributed by atoms with van der Waals surface area (Å²) >= 11 is 1.21. The second kappa shape index (κ2) is 17.3. The van der Waals surface area contributed by atoms with Crippen molar-refractivity contribution in [1.29, 1.82) is 5.41 Å². The first kappa shape index (κ1) is 43.1. The molecule has 4 bridgehead atoms. The lowest BCUT2D eigenvalue weighted by atomic mass is 9.53. The number of hydrogen-bond donors (Lipinski definition) is 7. The first-order valence-electron chi connectivity index (χ1n) is 21.5. The van der Waals surface area contributed by atoms with Crippen LogP contribution in [-0.2, 0) is 11.2 Å². The van der Waals surface area contributed by atoms with Crippen LogP contribution in [0.5, 0.6) is 0 Å². The first-order valence-corrected chi connectivity index (χ1v) is 22.3. The van der Waals surface area contributed by atoms with Crippen LogP contribution in [-0.4, -0.2) is 98.8 Å². The Bertz CT molecular complexity index is 2340. The average molecular weight is 856 g/mol. The number of carboxylic acid groups (broad SMARTS) is 1. The Labute approximate surface area is 360 Å². The molecule has 7 N–H and O–H groups in total. The minimum atomic E-state index is -1.18. The quantitative estimate of drug-likeness (QED) is 0.0418. The number of aliphatic hydroxyl groups excluding tert-OH is 2. The third kappa shape index (κ3) is 8.87. The Balaban J connectivity index is 0.975. The maximum atomic E-state index is 14.4. The van der Waals surface area contributed by atoms with Crippen LogP contribution in [0.25, 0.3) is 15.8 Å². The fraction of sp³-hybridized carbons (Fsp3) is 0.556. The molecule has 4 fully saturated rings. The number of nitrogens with zero attached hydrogens (tertiary/aromatic N) is 5. The van der Waals surface area contributed by atoms with Crippen LogP contribution in [0.15, 0.2) is 36.0 Å². The topological polar surface area (TPSA) is 202 Å². The van der Waals surface area contributed by atoms with Crippen LogP contribution in [0.4, 0.5) is 27.0 Å². The predicted octanol–water partition coefficient (Wildman–Crippen LogP) is 7.14. The number of thiazole rings is 1. The second-order valence-electron chi connectivity index (χ2n) is 18.6. The van der Waals surface area contributed by atoms with Crippen LogP contribution in [0.1, 0.15) is 99.3 Å². The number of allylic oxidation sites excluding steroid dienone is 2. The fourth-order valence-electron chi connectivity index (χ4n) is 11.5. The van der Waals surface area contributed by atoms with E-state index in [1.807, 2.05) is 18.7 Å². The molecule has 1 aromatic carbocycles. The third-order valence-corrected chi connectivity index (χ3v) is 14.5. The number of hydrogen-bond acceptors (Lipinski definition) is 14. The summed E-state index contributed by atoms with van der Waals surface area (Å²) in [6, 6.07) is 8.35. The van der Waals surface area contributed by atoms with E-state index in [0.29, 0.717) is 95.0 Å². The van der Waals surface area contributed by atoms with Crippen LogP contribution >= 0.6 is 11.3 Å². The number of halogens is 1. The molecule has 4 aromatic rings. The number of ether oxygens (including phenoxy) is 1. The Morgan fingerprint density at radius 3 is 2.67 bits per heavy atom. The lowest BCUT2D eigenvalue weighted by Crippen LogP contribution is -2.53. The van der Waals surface area contributed by atoms with Gasteiger partial charge in [-0.25, -0.2) is 19.2 Å². The molecule has 16 heteroatoms. The monoisotopic (exact) mass is 855 g/mol. The van der Waals surface area contributed by atoms with E-state index in [0.717, 1.165) is 61.8 Å². The summed E-state index contributed by atoms with van der Waals surface area (Å²) in [5.74, 6) is 0.918. The van der Waals surface area contributed by atoms with Gasteiger partial charge in [0.1, 0.15) is 11.6 Å². The van der Waals surface area contributed by atoms with Crippen LogP contribution in [0, 0.1) is 40.8 Å². The molecule has 6 atom stereocenters. The number of fused-ring (bicyclic) bond motifs is 3. The zero-order valence-electron chi connectivity index (χ0n) is 35.5. The van der Waals surface area contributed by atoms with Crippen molar-refractivity contribution < 1.29 is 29.2 Å². The highest BCUT2D eigenvalue weighted by Gasteiger charge is 2.60. The van der Waals surface area contributed by atoms with Crippen molar-refractivity contribution in [2.45, 2.75) is 97.2 Å². The normalized spacial score (nSPS) is 26.4. The maximum absolute atomic E-state index is 14.4. The van der Waals surface area contributed by atoms with Gasteiger partial charge < -0.3 is 46.3 Å². The standard InChI is InChI=1S/C45H58FN9O5S/c1-26-31-7-6-15-55(40(31)54-53-39(26)52-42-50-35-9-5-8-34(46)38(35)61-42)36-11-10-32(37(51-36)41(58)59)33(20-47)27(2)49-21-29-18-44(4)23-43(3)17-28(29)19-45(24-43,25-44)60-16-14-48-13-12-30(57)22-56/h5,8-11,20,28-30,47-49,56-57H,6-7,12-19,21-25H2,1-4H3,(H,58,59)(H,50,52,53)/b33-27+,47-20?/t28?,29?,30-,43?,44?,45?/m1/s1. The third-order valence-electron chi connectivity index (χ3n) is 13.5. The minimum Gasteiger partial charge on any atom is -0.476 e. The highest BCUT2D eigenvalue weighted by molar-refractivity contribution is 7.22. The van der Waals surface area contributed by atoms with Crippen LogP contribution in [0.2, 0.25) is 0 Å². The summed E-state index contributed by atoms with van der Waals surface area (Å²) < 4.78 is 21.6. The number of aromatic carboxylic acids is 1. The molecule has 14 nitrogen and oxygen atoms in total. The number of carboxylic acids is 1. The summed E-state index contributed by atoms with van der Waals surface area (Å²) in [5.41, 5.74) is 4.01. The molecule has 326 valence electrons. The number of anilines is 4. The smallest absolute Gasteiger partial charge is 0.355 e. The number of benzene rings is 1. The lowest BCUT2D eigenvalue weighted by Gasteiger charge is -2.56. The molecule has 0 spiro atoms. The summed E-state index contributed by atoms with van der Waals surface area (Å²) in [4.78, 5) is 24.0. The highest BCUT2D eigenvalue weighted by Crippen LogP contribution is 2.66. The van der Waals surface area contributed by atoms with Crippen molar-refractivity contribution >= 4 is 61.9 Å². The van der Waals surface area contributed by atoms with Gasteiger partial charge in [0.25, 0.3) is 0 Å². The Morgan fingerprint density at radius 1 is 1.11 bits per heavy atom. The molecule has 0 amide bonds. The van der Waals surface area contributed by atoms with E-state index in [9.17, 15) is 19.4 Å². The van der Waals surface area contributed by atoms with Gasteiger partial charge in [0, 0.05) is 53.8 Å². The van der Waals surface area contributed by atoms with Crippen molar-refractivity contribution in [2.24, 2.45) is 22.7 Å². The zero-order valence-corrected chi connectivity index (χ0v) is 36.3. The van der Waals surface area contributed by atoms with Crippen molar-refractivity contribution in [2.75, 3.05) is 49.6 Å². The maximum Gasteiger partial charge on any atom is 0.355 e. The Hall–Kier alpha value is -4.61. The van der Waals surface area contributed by atoms with Gasteiger partial charge in [0.2, 0.25) is 0 Å². The molecule has 5 unspecified atom stereocenters. The van der Waals surface area contributed by atoms with Crippen molar-refractivity contribution in [3.63, 3.8) is 0 Å². The summed E-state index contributed by atoms with van der Waals surface area (Å²) in [7, 11) is 0. The summed E-state index contributed by atoms with van der Waals surface area (Å²) in [6.07, 6.45) is 9.06. The van der Waals surface area contributed by atoms with Gasteiger partial charge in [0.05, 0.1) is 35.1 Å². The van der Waals surface area contributed by atoms with Gasteiger partial charge >= 0.3 is 5.97 Å². The minimum absolute atomic E-state index is 0.132. The van der Waals surface area contributed by atoms with Gasteiger partial charge in [-0.15, -0.1) is 10.2 Å². The second-order valence-corrected chi connectivity index (χ2v) is 19.6. The van der Waals surface area contributed by atoms with E-state index < -0.39 is 12.1 Å². The highest BCUT2D eigenvalue weighted by atomic mass is 32.1. The number of aliphatic hydroxyl groups is 2. The SMILES string of the molecule is C/C(NCC1CC2(C)CC3(C)CC1CC(OCCNCC[C@@H](O)CO)(C2)C3)=C(/C=N)c1ccc(N2CCCc3c2nnc(Nc2nc4cccc(F)c4s2)c3C)nc1C(=O)O. The van der Waals surface area contributed by atoms with E-state index in [1.165, 1.54) is 30.0 Å². The van der Waals surface area contributed by atoms with E-state index in [-0.39, 0.29) is 34.5 Å². The zero-order chi connectivity index (χ0) is 43.1.